The summed E-state index contributed by atoms with van der Waals surface area (Å²) in [6.07, 6.45) is 3.18. The number of aliphatic hydroxyl groups is 2. The fraction of sp³-hybridized carbons (Fsp3) is 0.524. The third-order valence-electron chi connectivity index (χ3n) is 6.99. The van der Waals surface area contributed by atoms with E-state index in [9.17, 15) is 15.0 Å². The van der Waals surface area contributed by atoms with Crippen LogP contribution in [0.3, 0.4) is 0 Å². The fourth-order valence-corrected chi connectivity index (χ4v) is 5.78. The third kappa shape index (κ3) is 2.59. The van der Waals surface area contributed by atoms with Crippen LogP contribution in [0.1, 0.15) is 44.1 Å². The molecule has 0 saturated heterocycles. The highest BCUT2D eigenvalue weighted by Crippen LogP contribution is 2.62. The maximum Gasteiger partial charge on any atom is 0.340 e. The van der Waals surface area contributed by atoms with Crippen molar-refractivity contribution < 1.29 is 19.7 Å². The van der Waals surface area contributed by atoms with Gasteiger partial charge in [-0.3, -0.25) is 0 Å². The van der Waals surface area contributed by atoms with Crippen LogP contribution in [0.2, 0.25) is 5.15 Å². The van der Waals surface area contributed by atoms with Crippen LogP contribution in [0.4, 0.5) is 0 Å². The molecule has 2 saturated carbocycles. The van der Waals surface area contributed by atoms with Crippen LogP contribution in [0.25, 0.3) is 10.8 Å². The predicted octanol–water partition coefficient (Wildman–Crippen LogP) is 3.45. The van der Waals surface area contributed by atoms with Crippen LogP contribution in [-0.2, 0) is 9.53 Å². The van der Waals surface area contributed by atoms with E-state index in [-0.39, 0.29) is 17.3 Å². The average molecular weight is 390 g/mol. The van der Waals surface area contributed by atoms with Gasteiger partial charge in [0.1, 0.15) is 5.15 Å². The second-order valence-electron chi connectivity index (χ2n) is 8.14. The second kappa shape index (κ2) is 6.43. The number of carbonyl (C=O) groups is 1. The smallest absolute Gasteiger partial charge is 0.340 e. The Morgan fingerprint density at radius 1 is 1.30 bits per heavy atom. The van der Waals surface area contributed by atoms with E-state index in [0.29, 0.717) is 18.0 Å². The number of hydrogen-bond acceptors (Lipinski definition) is 5. The van der Waals surface area contributed by atoms with E-state index in [2.05, 4.69) is 24.0 Å². The van der Waals surface area contributed by atoms with Gasteiger partial charge in [0.25, 0.3) is 0 Å². The molecule has 144 valence electrons. The van der Waals surface area contributed by atoms with Gasteiger partial charge in [0, 0.05) is 17.5 Å². The Morgan fingerprint density at radius 3 is 2.81 bits per heavy atom. The number of halogens is 1. The summed E-state index contributed by atoms with van der Waals surface area (Å²) in [5.74, 6) is -0.935. The summed E-state index contributed by atoms with van der Waals surface area (Å²) < 4.78 is 4.86. The first-order chi connectivity index (χ1) is 12.8. The Hall–Kier alpha value is -1.69. The monoisotopic (exact) mass is 389 g/mol. The number of carbonyl (C=O) groups excluding carboxylic acids is 1. The number of ether oxygens (including phenoxy) is 1. The number of benzene rings is 1. The van der Waals surface area contributed by atoms with Crippen molar-refractivity contribution in [3.05, 3.63) is 41.2 Å². The molecule has 4 rings (SSSR count). The molecular weight excluding hydrogens is 366 g/mol. The summed E-state index contributed by atoms with van der Waals surface area (Å²) in [4.78, 5) is 16.6. The Morgan fingerprint density at radius 2 is 2.07 bits per heavy atom. The van der Waals surface area contributed by atoms with Gasteiger partial charge in [-0.25, -0.2) is 9.78 Å². The lowest BCUT2D eigenvalue weighted by molar-refractivity contribution is -0.205. The Bertz CT molecular complexity index is 903. The molecule has 27 heavy (non-hydrogen) atoms. The van der Waals surface area contributed by atoms with Gasteiger partial charge in [-0.2, -0.15) is 0 Å². The number of aliphatic hydroxyl groups excluding tert-OH is 1. The molecular formula is C21H24ClNO4. The van der Waals surface area contributed by atoms with Gasteiger partial charge in [-0.1, -0.05) is 30.7 Å². The molecule has 2 N–H and O–H groups in total. The average Bonchev–Trinajstić information content (AvgIpc) is 3.03. The topological polar surface area (TPSA) is 79.7 Å². The van der Waals surface area contributed by atoms with Crippen LogP contribution in [-0.4, -0.2) is 40.0 Å². The molecule has 1 aromatic heterocycles. The lowest BCUT2D eigenvalue weighted by atomic mass is 9.57. The summed E-state index contributed by atoms with van der Waals surface area (Å²) >= 11 is 6.29. The molecule has 2 aromatic rings. The van der Waals surface area contributed by atoms with Crippen LogP contribution in [0, 0.1) is 11.3 Å². The maximum atomic E-state index is 12.4. The number of methoxy groups -OCH3 is 1. The lowest BCUT2D eigenvalue weighted by Gasteiger charge is -2.50. The zero-order valence-corrected chi connectivity index (χ0v) is 16.2. The van der Waals surface area contributed by atoms with Crippen LogP contribution in [0.5, 0.6) is 0 Å². The highest BCUT2D eigenvalue weighted by molar-refractivity contribution is 6.34. The molecule has 2 aliphatic carbocycles. The van der Waals surface area contributed by atoms with Gasteiger partial charge < -0.3 is 14.9 Å². The van der Waals surface area contributed by atoms with E-state index in [1.165, 1.54) is 7.11 Å². The van der Waals surface area contributed by atoms with E-state index in [0.717, 1.165) is 29.2 Å². The van der Waals surface area contributed by atoms with Gasteiger partial charge in [-0.15, -0.1) is 0 Å². The minimum Gasteiger partial charge on any atom is -0.467 e. The maximum absolute atomic E-state index is 12.4. The highest BCUT2D eigenvalue weighted by atomic mass is 35.5. The third-order valence-corrected chi connectivity index (χ3v) is 7.29. The molecule has 1 aromatic carbocycles. The SMILES string of the molecule is COC(=O)[C@@]1(O)[C@H](O)CC[C@]2(C)[C@@H](c3ccc4ccnc(Cl)c4c3)CC[C@H]21. The number of hydrogen-bond donors (Lipinski definition) is 2. The predicted molar refractivity (Wildman–Crippen MR) is 103 cm³/mol. The van der Waals surface area contributed by atoms with Crippen molar-refractivity contribution in [2.75, 3.05) is 7.11 Å². The molecule has 6 heteroatoms. The summed E-state index contributed by atoms with van der Waals surface area (Å²) in [6.45, 7) is 2.12. The van der Waals surface area contributed by atoms with E-state index in [4.69, 9.17) is 16.3 Å². The van der Waals surface area contributed by atoms with Crippen molar-refractivity contribution in [3.8, 4) is 0 Å². The minimum atomic E-state index is -1.85. The summed E-state index contributed by atoms with van der Waals surface area (Å²) in [7, 11) is 1.25. The van der Waals surface area contributed by atoms with Gasteiger partial charge in [0.05, 0.1) is 13.2 Å². The van der Waals surface area contributed by atoms with Crippen LogP contribution < -0.4 is 0 Å². The van der Waals surface area contributed by atoms with Crippen molar-refractivity contribution in [2.24, 2.45) is 11.3 Å². The van der Waals surface area contributed by atoms with Crippen molar-refractivity contribution in [2.45, 2.75) is 50.2 Å². The first kappa shape index (κ1) is 18.7. The van der Waals surface area contributed by atoms with Crippen molar-refractivity contribution in [3.63, 3.8) is 0 Å². The molecule has 5 atom stereocenters. The number of nitrogens with zero attached hydrogens (tertiary/aromatic N) is 1. The van der Waals surface area contributed by atoms with Crippen molar-refractivity contribution in [1.82, 2.24) is 4.98 Å². The van der Waals surface area contributed by atoms with Gasteiger partial charge in [-0.05, 0) is 60.1 Å². The van der Waals surface area contributed by atoms with Gasteiger partial charge >= 0.3 is 5.97 Å². The number of pyridine rings is 1. The largest absolute Gasteiger partial charge is 0.467 e. The lowest BCUT2D eigenvalue weighted by Crippen LogP contribution is -2.62. The molecule has 2 fully saturated rings. The zero-order chi connectivity index (χ0) is 19.4. The minimum absolute atomic E-state index is 0.159. The van der Waals surface area contributed by atoms with E-state index < -0.39 is 17.7 Å². The van der Waals surface area contributed by atoms with Crippen LogP contribution >= 0.6 is 11.6 Å². The normalized spacial score (nSPS) is 35.8. The first-order valence-corrected chi connectivity index (χ1v) is 9.73. The standard InChI is InChI=1S/C21H24ClNO4/c1-20-9-7-17(24)21(26,19(25)27-2)16(20)6-5-15(20)13-4-3-12-8-10-23-18(22)14(12)11-13/h3-4,8,10-11,15-17,24,26H,5-7,9H2,1-2H3/t15-,16-,17-,20-,21+/m1/s1. The molecule has 0 bridgehead atoms. The van der Waals surface area contributed by atoms with E-state index in [1.807, 2.05) is 12.1 Å². The summed E-state index contributed by atoms with van der Waals surface area (Å²) in [5.41, 5.74) is -1.04. The number of aromatic nitrogens is 1. The Kier molecular flexibility index (Phi) is 4.45. The molecule has 0 spiro atoms. The Labute approximate surface area is 163 Å². The van der Waals surface area contributed by atoms with Crippen molar-refractivity contribution in [1.29, 1.82) is 0 Å². The second-order valence-corrected chi connectivity index (χ2v) is 8.50. The summed E-state index contributed by atoms with van der Waals surface area (Å²) in [5, 5.41) is 24.0. The molecule has 2 aliphatic rings. The molecule has 0 unspecified atom stereocenters. The van der Waals surface area contributed by atoms with Crippen molar-refractivity contribution >= 4 is 28.3 Å². The highest BCUT2D eigenvalue weighted by Gasteiger charge is 2.64. The van der Waals surface area contributed by atoms with Gasteiger partial charge in [0.2, 0.25) is 0 Å². The summed E-state index contributed by atoms with van der Waals surface area (Å²) in [6, 6.07) is 8.14. The fourth-order valence-electron chi connectivity index (χ4n) is 5.56. The molecule has 0 amide bonds. The van der Waals surface area contributed by atoms with Crippen LogP contribution in [0.15, 0.2) is 30.5 Å². The van der Waals surface area contributed by atoms with E-state index in [1.54, 1.807) is 6.20 Å². The van der Waals surface area contributed by atoms with Gasteiger partial charge in [0.15, 0.2) is 5.60 Å². The Balaban J connectivity index is 1.77. The number of fused-ring (bicyclic) bond motifs is 2. The molecule has 1 heterocycles. The zero-order valence-electron chi connectivity index (χ0n) is 15.5. The molecule has 0 radical (unpaired) electrons. The van der Waals surface area contributed by atoms with E-state index >= 15 is 0 Å². The number of esters is 1. The number of rotatable bonds is 2. The molecule has 0 aliphatic heterocycles. The molecule has 5 nitrogen and oxygen atoms in total. The first-order valence-electron chi connectivity index (χ1n) is 9.35. The quantitative estimate of drug-likeness (QED) is 0.607.